The van der Waals surface area contributed by atoms with Gasteiger partial charge in [0.15, 0.2) is 0 Å². The van der Waals surface area contributed by atoms with E-state index >= 15 is 0 Å². The molecule has 1 saturated carbocycles. The van der Waals surface area contributed by atoms with E-state index < -0.39 is 0 Å². The number of benzene rings is 2. The van der Waals surface area contributed by atoms with Crippen LogP contribution in [0.1, 0.15) is 43.7 Å². The van der Waals surface area contributed by atoms with Gasteiger partial charge in [0.1, 0.15) is 0 Å². The van der Waals surface area contributed by atoms with Gasteiger partial charge in [0.05, 0.1) is 0 Å². The Morgan fingerprint density at radius 1 is 1.00 bits per heavy atom. The van der Waals surface area contributed by atoms with Crippen molar-refractivity contribution in [2.24, 2.45) is 5.92 Å². The zero-order chi connectivity index (χ0) is 14.4. The average molecular weight is 274 g/mol. The predicted octanol–water partition coefficient (Wildman–Crippen LogP) is 5.72. The van der Waals surface area contributed by atoms with Crippen molar-refractivity contribution >= 4 is 0 Å². The van der Waals surface area contributed by atoms with E-state index in [1.54, 1.807) is 0 Å². The molecule has 1 fully saturated rings. The lowest BCUT2D eigenvalue weighted by Crippen LogP contribution is -2.21. The molecule has 0 aliphatic heterocycles. The zero-order valence-electron chi connectivity index (χ0n) is 12.7. The minimum atomic E-state index is 0.199. The van der Waals surface area contributed by atoms with Crippen LogP contribution in [0.25, 0.3) is 11.1 Å². The van der Waals surface area contributed by atoms with E-state index in [2.05, 4.69) is 62.0 Å². The van der Waals surface area contributed by atoms with E-state index in [1.807, 2.05) is 0 Å². The largest absolute Gasteiger partial charge is 0.0995 e. The molecule has 0 nitrogen and oxygen atoms in total. The van der Waals surface area contributed by atoms with Crippen LogP contribution in [0, 0.1) is 5.92 Å². The van der Waals surface area contributed by atoms with Gasteiger partial charge in [0, 0.05) is 5.41 Å². The van der Waals surface area contributed by atoms with E-state index in [-0.39, 0.29) is 5.41 Å². The van der Waals surface area contributed by atoms with Crippen LogP contribution in [-0.4, -0.2) is 0 Å². The lowest BCUT2D eigenvalue weighted by atomic mass is 9.76. The van der Waals surface area contributed by atoms with Crippen LogP contribution < -0.4 is 0 Å². The van der Waals surface area contributed by atoms with Gasteiger partial charge in [-0.1, -0.05) is 74.0 Å². The average Bonchev–Trinajstić information content (AvgIpc) is 2.98. The van der Waals surface area contributed by atoms with E-state index in [9.17, 15) is 0 Å². The second-order valence-electron chi connectivity index (χ2n) is 6.70. The first-order valence-electron chi connectivity index (χ1n) is 8.13. The fourth-order valence-electron chi connectivity index (χ4n) is 4.65. The van der Waals surface area contributed by atoms with Gasteiger partial charge in [-0.15, -0.1) is 0 Å². The fourth-order valence-corrected chi connectivity index (χ4v) is 4.65. The predicted molar refractivity (Wildman–Crippen MR) is 89.4 cm³/mol. The van der Waals surface area contributed by atoms with Crippen molar-refractivity contribution < 1.29 is 0 Å². The highest BCUT2D eigenvalue weighted by Crippen LogP contribution is 2.59. The topological polar surface area (TPSA) is 0 Å². The maximum Gasteiger partial charge on any atom is 0.0257 e. The molecular weight excluding hydrogens is 252 g/mol. The molecule has 0 heterocycles. The van der Waals surface area contributed by atoms with Crippen LogP contribution in [-0.2, 0) is 5.41 Å². The Morgan fingerprint density at radius 2 is 1.57 bits per heavy atom. The molecule has 0 bridgehead atoms. The SMILES string of the molecule is C=C1CC2(CC1CCC)c1ccccc1-c1ccccc12. The van der Waals surface area contributed by atoms with Crippen molar-refractivity contribution in [3.8, 4) is 11.1 Å². The van der Waals surface area contributed by atoms with Crippen LogP contribution in [0.15, 0.2) is 60.7 Å². The Labute approximate surface area is 127 Å². The monoisotopic (exact) mass is 274 g/mol. The molecule has 0 aromatic heterocycles. The summed E-state index contributed by atoms with van der Waals surface area (Å²) in [5.74, 6) is 0.689. The van der Waals surface area contributed by atoms with Gasteiger partial charge >= 0.3 is 0 Å². The van der Waals surface area contributed by atoms with Crippen molar-refractivity contribution in [1.82, 2.24) is 0 Å². The molecule has 0 N–H and O–H groups in total. The molecule has 21 heavy (non-hydrogen) atoms. The van der Waals surface area contributed by atoms with Crippen LogP contribution in [0.4, 0.5) is 0 Å². The summed E-state index contributed by atoms with van der Waals surface area (Å²) >= 11 is 0. The lowest BCUT2D eigenvalue weighted by Gasteiger charge is -2.27. The normalized spacial score (nSPS) is 21.6. The number of hydrogen-bond acceptors (Lipinski definition) is 0. The molecule has 106 valence electrons. The van der Waals surface area contributed by atoms with Crippen molar-refractivity contribution in [2.75, 3.05) is 0 Å². The summed E-state index contributed by atoms with van der Waals surface area (Å²) in [6.45, 7) is 6.71. The molecule has 0 amide bonds. The Morgan fingerprint density at radius 3 is 2.14 bits per heavy atom. The summed E-state index contributed by atoms with van der Waals surface area (Å²) in [5.41, 5.74) is 7.61. The van der Waals surface area contributed by atoms with Gasteiger partial charge in [-0.05, 0) is 47.4 Å². The molecule has 1 unspecified atom stereocenters. The van der Waals surface area contributed by atoms with Gasteiger partial charge in [0.25, 0.3) is 0 Å². The third-order valence-corrected chi connectivity index (χ3v) is 5.51. The van der Waals surface area contributed by atoms with E-state index in [0.29, 0.717) is 5.92 Å². The van der Waals surface area contributed by atoms with Gasteiger partial charge in [-0.25, -0.2) is 0 Å². The highest BCUT2D eigenvalue weighted by molar-refractivity contribution is 5.81. The van der Waals surface area contributed by atoms with Crippen molar-refractivity contribution in [3.63, 3.8) is 0 Å². The molecule has 1 atom stereocenters. The summed E-state index contributed by atoms with van der Waals surface area (Å²) in [5, 5.41) is 0. The Balaban J connectivity index is 1.92. The first-order valence-corrected chi connectivity index (χ1v) is 8.13. The summed E-state index contributed by atoms with van der Waals surface area (Å²) in [4.78, 5) is 0. The maximum atomic E-state index is 4.42. The highest BCUT2D eigenvalue weighted by Gasteiger charge is 2.48. The van der Waals surface area contributed by atoms with Crippen LogP contribution >= 0.6 is 0 Å². The Bertz CT molecular complexity index is 662. The minimum Gasteiger partial charge on any atom is -0.0995 e. The number of rotatable bonds is 2. The van der Waals surface area contributed by atoms with Gasteiger partial charge < -0.3 is 0 Å². The summed E-state index contributed by atoms with van der Waals surface area (Å²) < 4.78 is 0. The first-order chi connectivity index (χ1) is 10.3. The first kappa shape index (κ1) is 12.9. The molecule has 2 aliphatic rings. The lowest BCUT2D eigenvalue weighted by molar-refractivity contribution is 0.474. The smallest absolute Gasteiger partial charge is 0.0257 e. The molecule has 4 rings (SSSR count). The van der Waals surface area contributed by atoms with Gasteiger partial charge in [-0.2, -0.15) is 0 Å². The van der Waals surface area contributed by atoms with Crippen LogP contribution in [0.2, 0.25) is 0 Å². The maximum absolute atomic E-state index is 4.42. The molecule has 0 radical (unpaired) electrons. The second kappa shape index (κ2) is 4.59. The number of hydrogen-bond donors (Lipinski definition) is 0. The molecule has 0 heteroatoms. The Hall–Kier alpha value is -1.82. The summed E-state index contributed by atoms with van der Waals surface area (Å²) in [7, 11) is 0. The molecule has 0 saturated heterocycles. The standard InChI is InChI=1S/C21H22/c1-3-8-16-14-21(13-15(16)2)19-11-6-4-9-17(19)18-10-5-7-12-20(18)21/h4-7,9-12,16H,2-3,8,13-14H2,1H3. The molecule has 2 aromatic carbocycles. The number of allylic oxidation sites excluding steroid dienone is 1. The summed E-state index contributed by atoms with van der Waals surface area (Å²) in [6.07, 6.45) is 4.91. The zero-order valence-corrected chi connectivity index (χ0v) is 12.7. The van der Waals surface area contributed by atoms with Crippen LogP contribution in [0.3, 0.4) is 0 Å². The molecular formula is C21H22. The van der Waals surface area contributed by atoms with Crippen molar-refractivity contribution in [2.45, 2.75) is 38.0 Å². The van der Waals surface area contributed by atoms with Gasteiger partial charge in [-0.3, -0.25) is 0 Å². The third-order valence-electron chi connectivity index (χ3n) is 5.51. The minimum absolute atomic E-state index is 0.199. The van der Waals surface area contributed by atoms with Gasteiger partial charge in [0.2, 0.25) is 0 Å². The van der Waals surface area contributed by atoms with E-state index in [4.69, 9.17) is 0 Å². The van der Waals surface area contributed by atoms with Crippen molar-refractivity contribution in [3.05, 3.63) is 71.8 Å². The Kier molecular flexibility index (Phi) is 2.82. The summed E-state index contributed by atoms with van der Waals surface area (Å²) in [6, 6.07) is 18.0. The molecule has 1 spiro atoms. The fraction of sp³-hybridized carbons (Fsp3) is 0.333. The molecule has 2 aromatic rings. The molecule has 2 aliphatic carbocycles. The highest BCUT2D eigenvalue weighted by atomic mass is 14.5. The van der Waals surface area contributed by atoms with E-state index in [1.165, 1.54) is 47.1 Å². The quantitative estimate of drug-likeness (QED) is 0.614. The second-order valence-corrected chi connectivity index (χ2v) is 6.70. The van der Waals surface area contributed by atoms with Crippen LogP contribution in [0.5, 0.6) is 0 Å². The number of fused-ring (bicyclic) bond motifs is 5. The third kappa shape index (κ3) is 1.68. The van der Waals surface area contributed by atoms with Crippen molar-refractivity contribution in [1.29, 1.82) is 0 Å². The van der Waals surface area contributed by atoms with E-state index in [0.717, 1.165) is 6.42 Å².